The summed E-state index contributed by atoms with van der Waals surface area (Å²) in [5.74, 6) is 0.378. The minimum absolute atomic E-state index is 0. The van der Waals surface area contributed by atoms with Crippen LogP contribution in [0.4, 0.5) is 0 Å². The van der Waals surface area contributed by atoms with Gasteiger partial charge in [0.1, 0.15) is 6.04 Å². The van der Waals surface area contributed by atoms with Crippen molar-refractivity contribution in [3.8, 4) is 5.69 Å². The fraction of sp³-hybridized carbons (Fsp3) is 0.656. The molecule has 9 nitrogen and oxygen atoms in total. The van der Waals surface area contributed by atoms with Gasteiger partial charge in [-0.1, -0.05) is 89.1 Å². The molecule has 1 atom stereocenters. The van der Waals surface area contributed by atoms with Crippen LogP contribution in [0.3, 0.4) is 0 Å². The largest absolute Gasteiger partial charge is 0.340 e. The number of likely N-dealkylation sites (N-methyl/N-ethyl adjacent to an activating group) is 1. The quantitative estimate of drug-likeness (QED) is 0.196. The Balaban J connectivity index is 0.00000462. The van der Waals surface area contributed by atoms with Crippen LogP contribution in [0.1, 0.15) is 102 Å². The molecule has 43 heavy (non-hydrogen) atoms. The molecule has 2 aromatic rings. The summed E-state index contributed by atoms with van der Waals surface area (Å²) in [6.45, 7) is 5.08. The van der Waals surface area contributed by atoms with Crippen LogP contribution in [0.2, 0.25) is 0 Å². The summed E-state index contributed by atoms with van der Waals surface area (Å²) in [7, 11) is 2.04. The normalized spacial score (nSPS) is 14.0. The number of amides is 2. The maximum absolute atomic E-state index is 13.4. The van der Waals surface area contributed by atoms with E-state index in [1.54, 1.807) is 46.2 Å². The number of aromatic nitrogens is 3. The molecule has 0 aliphatic carbocycles. The smallest absolute Gasteiger partial charge is 0.251 e. The Hall–Kier alpha value is -2.43. The summed E-state index contributed by atoms with van der Waals surface area (Å²) in [5, 5.41) is 10.8. The molecular weight excluding hydrogens is 584 g/mol. The van der Waals surface area contributed by atoms with Crippen molar-refractivity contribution in [2.75, 3.05) is 39.0 Å². The number of nitrogens with zero attached hydrogens (tertiary/aromatic N) is 5. The van der Waals surface area contributed by atoms with E-state index in [1.165, 1.54) is 63.1 Å². The summed E-state index contributed by atoms with van der Waals surface area (Å²) in [6.07, 6.45) is 16.6. The molecule has 0 saturated carbocycles. The Morgan fingerprint density at radius 2 is 1.51 bits per heavy atom. The van der Waals surface area contributed by atoms with Gasteiger partial charge in [0.05, 0.1) is 18.1 Å². The molecule has 2 amide bonds. The van der Waals surface area contributed by atoms with Gasteiger partial charge in [0.25, 0.3) is 5.91 Å². The van der Waals surface area contributed by atoms with Crippen molar-refractivity contribution in [1.29, 1.82) is 0 Å². The van der Waals surface area contributed by atoms with Gasteiger partial charge in [0.15, 0.2) is 5.12 Å². The minimum atomic E-state index is -0.734. The number of hydrogen-bond donors (Lipinski definition) is 1. The Morgan fingerprint density at radius 1 is 0.907 bits per heavy atom. The molecule has 1 N–H and O–H groups in total. The lowest BCUT2D eigenvalue weighted by atomic mass is 10.1. The molecule has 1 fully saturated rings. The summed E-state index contributed by atoms with van der Waals surface area (Å²) < 4.78 is 1.61. The van der Waals surface area contributed by atoms with E-state index in [1.807, 2.05) is 7.05 Å². The first-order valence-electron chi connectivity index (χ1n) is 15.4. The molecular formula is C32H53ClN6O3S. The standard InChI is InChI=1S/C31H48N6O3S.CH4.ClH/c1-3-4-5-6-7-8-9-10-11-12-25-41-29(38)18-17-28(31(40)36-23-21-35(2)22-24-36)33-30(39)26-13-15-27(16-14-26)37-20-19-32-34-37;;/h13-16,19-20,28H,3-12,17-18,21-25H2,1-2H3,(H,33,39);1H4;1H/t28-;;/m0../s1. The number of piperazine rings is 1. The van der Waals surface area contributed by atoms with Gasteiger partial charge in [0, 0.05) is 43.9 Å². The van der Waals surface area contributed by atoms with E-state index in [-0.39, 0.29) is 43.2 Å². The molecule has 3 rings (SSSR count). The number of rotatable bonds is 18. The lowest BCUT2D eigenvalue weighted by molar-refractivity contribution is -0.135. The number of benzene rings is 1. The average molecular weight is 637 g/mol. The van der Waals surface area contributed by atoms with Gasteiger partial charge in [-0.15, -0.1) is 17.5 Å². The number of thioether (sulfide) groups is 1. The summed E-state index contributed by atoms with van der Waals surface area (Å²) >= 11 is 1.36. The molecule has 0 unspecified atom stereocenters. The van der Waals surface area contributed by atoms with Crippen LogP contribution in [0.5, 0.6) is 0 Å². The molecule has 0 spiro atoms. The maximum atomic E-state index is 13.4. The van der Waals surface area contributed by atoms with Crippen LogP contribution < -0.4 is 5.32 Å². The fourth-order valence-corrected chi connectivity index (χ4v) is 5.81. The van der Waals surface area contributed by atoms with Crippen molar-refractivity contribution < 1.29 is 14.4 Å². The number of unbranched alkanes of at least 4 members (excludes halogenated alkanes) is 9. The van der Waals surface area contributed by atoms with E-state index >= 15 is 0 Å². The average Bonchev–Trinajstić information content (AvgIpc) is 3.53. The highest BCUT2D eigenvalue weighted by atomic mass is 35.5. The van der Waals surface area contributed by atoms with Crippen LogP contribution in [-0.4, -0.2) is 86.7 Å². The van der Waals surface area contributed by atoms with Crippen LogP contribution in [0.15, 0.2) is 36.7 Å². The van der Waals surface area contributed by atoms with Crippen LogP contribution in [0.25, 0.3) is 5.69 Å². The molecule has 1 aliphatic heterocycles. The zero-order valence-corrected chi connectivity index (χ0v) is 27.0. The van der Waals surface area contributed by atoms with Crippen molar-refractivity contribution in [2.24, 2.45) is 0 Å². The number of carbonyl (C=O) groups excluding carboxylic acids is 3. The topological polar surface area (TPSA) is 100 Å². The van der Waals surface area contributed by atoms with E-state index in [2.05, 4.69) is 27.5 Å². The Bertz CT molecular complexity index is 1050. The van der Waals surface area contributed by atoms with E-state index in [4.69, 9.17) is 0 Å². The first-order valence-corrected chi connectivity index (χ1v) is 16.4. The molecule has 242 valence electrons. The predicted octanol–water partition coefficient (Wildman–Crippen LogP) is 6.16. The van der Waals surface area contributed by atoms with E-state index in [9.17, 15) is 14.4 Å². The lowest BCUT2D eigenvalue weighted by Crippen LogP contribution is -2.54. The van der Waals surface area contributed by atoms with E-state index in [0.29, 0.717) is 25.1 Å². The third-order valence-corrected chi connectivity index (χ3v) is 8.65. The highest BCUT2D eigenvalue weighted by Crippen LogP contribution is 2.17. The van der Waals surface area contributed by atoms with Crippen LogP contribution in [-0.2, 0) is 9.59 Å². The van der Waals surface area contributed by atoms with Gasteiger partial charge in [-0.25, -0.2) is 4.68 Å². The summed E-state index contributed by atoms with van der Waals surface area (Å²) in [5.41, 5.74) is 1.24. The number of hydrogen-bond acceptors (Lipinski definition) is 7. The Kier molecular flexibility index (Phi) is 19.9. The van der Waals surface area contributed by atoms with Crippen LogP contribution >= 0.6 is 24.2 Å². The maximum Gasteiger partial charge on any atom is 0.251 e. The second-order valence-electron chi connectivity index (χ2n) is 11.0. The van der Waals surface area contributed by atoms with Gasteiger partial charge in [-0.3, -0.25) is 14.4 Å². The van der Waals surface area contributed by atoms with Gasteiger partial charge >= 0.3 is 0 Å². The number of carbonyl (C=O) groups is 3. The zero-order valence-electron chi connectivity index (χ0n) is 25.3. The molecule has 2 heterocycles. The highest BCUT2D eigenvalue weighted by molar-refractivity contribution is 8.13. The molecule has 1 aromatic heterocycles. The first-order chi connectivity index (χ1) is 20.0. The zero-order chi connectivity index (χ0) is 29.3. The van der Waals surface area contributed by atoms with Gasteiger partial charge in [-0.05, 0) is 44.2 Å². The lowest BCUT2D eigenvalue weighted by Gasteiger charge is -2.34. The summed E-state index contributed by atoms with van der Waals surface area (Å²) in [6, 6.07) is 6.25. The first kappa shape index (κ1) is 38.6. The van der Waals surface area contributed by atoms with Crippen molar-refractivity contribution in [1.82, 2.24) is 30.1 Å². The molecule has 11 heteroatoms. The monoisotopic (exact) mass is 636 g/mol. The molecule has 0 radical (unpaired) electrons. The summed E-state index contributed by atoms with van der Waals surface area (Å²) in [4.78, 5) is 43.2. The SMILES string of the molecule is C.CCCCCCCCCCCCSC(=O)CC[C@H](NC(=O)c1ccc(-n2ccnn2)cc1)C(=O)N1CCN(C)CC1.Cl. The van der Waals surface area contributed by atoms with Gasteiger partial charge in [-0.2, -0.15) is 0 Å². The fourth-order valence-electron chi connectivity index (χ4n) is 4.97. The van der Waals surface area contributed by atoms with Crippen molar-refractivity contribution in [3.05, 3.63) is 42.2 Å². The molecule has 1 aliphatic rings. The van der Waals surface area contributed by atoms with E-state index in [0.717, 1.165) is 37.4 Å². The van der Waals surface area contributed by atoms with E-state index < -0.39 is 6.04 Å². The third-order valence-electron chi connectivity index (χ3n) is 7.63. The Morgan fingerprint density at radius 3 is 2.09 bits per heavy atom. The second-order valence-corrected chi connectivity index (χ2v) is 12.1. The molecule has 0 bridgehead atoms. The van der Waals surface area contributed by atoms with Crippen molar-refractivity contribution in [3.63, 3.8) is 0 Å². The number of halogens is 1. The van der Waals surface area contributed by atoms with Crippen molar-refractivity contribution in [2.45, 2.75) is 97.4 Å². The molecule has 1 aromatic carbocycles. The highest BCUT2D eigenvalue weighted by Gasteiger charge is 2.28. The van der Waals surface area contributed by atoms with Gasteiger partial charge in [0.2, 0.25) is 5.91 Å². The molecule has 1 saturated heterocycles. The third kappa shape index (κ3) is 14.3. The minimum Gasteiger partial charge on any atom is -0.340 e. The van der Waals surface area contributed by atoms with Gasteiger partial charge < -0.3 is 15.1 Å². The van der Waals surface area contributed by atoms with Crippen LogP contribution in [0, 0.1) is 0 Å². The number of nitrogens with one attached hydrogen (secondary N) is 1. The predicted molar refractivity (Wildman–Crippen MR) is 179 cm³/mol. The Labute approximate surface area is 269 Å². The van der Waals surface area contributed by atoms with Crippen molar-refractivity contribution >= 4 is 41.1 Å². The second kappa shape index (κ2) is 22.1.